The highest BCUT2D eigenvalue weighted by Crippen LogP contribution is 2.48. The number of carbonyl (C=O) groups excluding carboxylic acids is 1. The summed E-state index contributed by atoms with van der Waals surface area (Å²) in [4.78, 5) is 10.5. The van der Waals surface area contributed by atoms with Gasteiger partial charge in [0.1, 0.15) is 13.2 Å². The van der Waals surface area contributed by atoms with Crippen LogP contribution in [0.4, 0.5) is 39.9 Å². The van der Waals surface area contributed by atoms with Gasteiger partial charge in [-0.1, -0.05) is 0 Å². The summed E-state index contributed by atoms with van der Waals surface area (Å²) in [5.74, 6) is -10.3. The van der Waals surface area contributed by atoms with E-state index in [1.54, 1.807) is 0 Å². The summed E-state index contributed by atoms with van der Waals surface area (Å²) in [7, 11) is 0. The van der Waals surface area contributed by atoms with E-state index in [0.717, 1.165) is 0 Å². The van der Waals surface area contributed by atoms with Crippen LogP contribution < -0.4 is 0 Å². The van der Waals surface area contributed by atoms with Crippen LogP contribution in [0, 0.1) is 0 Å². The number of carbonyl (C=O) groups is 1. The maximum absolute atomic E-state index is 13.6. The summed E-state index contributed by atoms with van der Waals surface area (Å²) in [5.41, 5.74) is 0. The fraction of sp³-hybridized carbons (Fsp3) is 0.900. The summed E-state index contributed by atoms with van der Waals surface area (Å²) < 4.78 is 116. The van der Waals surface area contributed by atoms with Gasteiger partial charge in [0.2, 0.25) is 5.85 Å². The lowest BCUT2D eigenvalue weighted by Gasteiger charge is -2.32. The predicted molar refractivity (Wildman–Crippen MR) is 53.6 cm³/mol. The van der Waals surface area contributed by atoms with E-state index in [9.17, 15) is 39.9 Å². The molecule has 0 amide bonds. The number of halogens is 8. The molecule has 0 saturated carbocycles. The van der Waals surface area contributed by atoms with E-state index in [1.807, 2.05) is 0 Å². The Labute approximate surface area is 123 Å². The molecule has 0 bridgehead atoms. The molecule has 1 saturated heterocycles. The zero-order valence-electron chi connectivity index (χ0n) is 11.3. The van der Waals surface area contributed by atoms with Gasteiger partial charge < -0.3 is 14.2 Å². The molecule has 136 valence electrons. The highest BCUT2D eigenvalue weighted by atomic mass is 19.4. The molecule has 0 aromatic carbocycles. The van der Waals surface area contributed by atoms with Crippen LogP contribution >= 0.6 is 0 Å². The van der Waals surface area contributed by atoms with Crippen molar-refractivity contribution in [2.45, 2.75) is 37.1 Å². The highest BCUT2D eigenvalue weighted by Gasteiger charge is 2.75. The van der Waals surface area contributed by atoms with Crippen LogP contribution in [0.1, 0.15) is 6.92 Å². The van der Waals surface area contributed by atoms with Crippen molar-refractivity contribution >= 4 is 6.16 Å². The average molecular weight is 362 g/mol. The fourth-order valence-electron chi connectivity index (χ4n) is 1.35. The van der Waals surface area contributed by atoms with Crippen LogP contribution in [0.3, 0.4) is 0 Å². The molecule has 1 aliphatic heterocycles. The summed E-state index contributed by atoms with van der Waals surface area (Å²) in [6.45, 7) is -2.12. The minimum Gasteiger partial charge on any atom is -0.430 e. The molecule has 1 heterocycles. The summed E-state index contributed by atoms with van der Waals surface area (Å²) in [5, 5.41) is 0. The number of cyclic esters (lactones) is 2. The Morgan fingerprint density at radius 3 is 2.13 bits per heavy atom. The molecule has 1 fully saturated rings. The Balaban J connectivity index is 2.57. The second-order valence-corrected chi connectivity index (χ2v) is 4.61. The minimum atomic E-state index is -6.65. The van der Waals surface area contributed by atoms with Gasteiger partial charge in [-0.2, -0.15) is 30.7 Å². The standard InChI is InChI=1S/C10H10F8O5/c1-7(11,4-20-2-5-3-21-6(19)22-5)23-10(17,18)8(12,13)9(14,15)16/h5H,2-4H2,1H3. The molecular weight excluding hydrogens is 352 g/mol. The van der Waals surface area contributed by atoms with Crippen molar-refractivity contribution in [1.29, 1.82) is 0 Å². The van der Waals surface area contributed by atoms with Crippen molar-refractivity contribution in [1.82, 2.24) is 0 Å². The lowest BCUT2D eigenvalue weighted by atomic mass is 10.3. The lowest BCUT2D eigenvalue weighted by Crippen LogP contribution is -2.56. The molecule has 13 heteroatoms. The molecule has 1 rings (SSSR count). The fourth-order valence-corrected chi connectivity index (χ4v) is 1.35. The molecule has 2 atom stereocenters. The summed E-state index contributed by atoms with van der Waals surface area (Å²) in [6, 6.07) is 0. The maximum atomic E-state index is 13.6. The first kappa shape index (κ1) is 19.7. The molecule has 23 heavy (non-hydrogen) atoms. The van der Waals surface area contributed by atoms with E-state index >= 15 is 0 Å². The van der Waals surface area contributed by atoms with Crippen molar-refractivity contribution < 1.29 is 58.9 Å². The molecule has 0 aromatic rings. The van der Waals surface area contributed by atoms with Crippen LogP contribution in [0.5, 0.6) is 0 Å². The van der Waals surface area contributed by atoms with Crippen molar-refractivity contribution in [2.75, 3.05) is 19.8 Å². The molecule has 5 nitrogen and oxygen atoms in total. The van der Waals surface area contributed by atoms with Gasteiger partial charge in [0, 0.05) is 0 Å². The number of ether oxygens (including phenoxy) is 4. The SMILES string of the molecule is CC(F)(COCC1COC(=O)O1)OC(F)(F)C(F)(F)C(F)(F)F. The summed E-state index contributed by atoms with van der Waals surface area (Å²) >= 11 is 0. The Hall–Kier alpha value is -1.37. The van der Waals surface area contributed by atoms with E-state index in [0.29, 0.717) is 0 Å². The third kappa shape index (κ3) is 4.80. The Kier molecular flexibility index (Phi) is 5.36. The number of hydrogen-bond acceptors (Lipinski definition) is 5. The summed E-state index contributed by atoms with van der Waals surface area (Å²) in [6.07, 6.45) is -14.9. The predicted octanol–water partition coefficient (Wildman–Crippen LogP) is 3.03. The highest BCUT2D eigenvalue weighted by molar-refractivity contribution is 5.61. The molecule has 2 unspecified atom stereocenters. The molecule has 0 N–H and O–H groups in total. The number of alkyl halides is 8. The van der Waals surface area contributed by atoms with Gasteiger partial charge >= 0.3 is 24.4 Å². The van der Waals surface area contributed by atoms with E-state index in [1.165, 1.54) is 0 Å². The largest absolute Gasteiger partial charge is 0.508 e. The van der Waals surface area contributed by atoms with Crippen molar-refractivity contribution in [3.05, 3.63) is 0 Å². The topological polar surface area (TPSA) is 54.0 Å². The first-order valence-corrected chi connectivity index (χ1v) is 5.80. The van der Waals surface area contributed by atoms with Gasteiger partial charge in [0.25, 0.3) is 0 Å². The van der Waals surface area contributed by atoms with Crippen molar-refractivity contribution in [2.24, 2.45) is 0 Å². The number of hydrogen-bond donors (Lipinski definition) is 0. The van der Waals surface area contributed by atoms with Gasteiger partial charge in [0.15, 0.2) is 6.10 Å². The second kappa shape index (κ2) is 6.26. The van der Waals surface area contributed by atoms with Gasteiger partial charge in [-0.15, -0.1) is 0 Å². The minimum absolute atomic E-state index is 0.171. The van der Waals surface area contributed by atoms with E-state index in [-0.39, 0.29) is 13.5 Å². The van der Waals surface area contributed by atoms with Crippen LogP contribution in [-0.2, 0) is 18.9 Å². The molecule has 0 radical (unpaired) electrons. The first-order valence-electron chi connectivity index (χ1n) is 5.80. The average Bonchev–Trinajstić information content (AvgIpc) is 2.71. The van der Waals surface area contributed by atoms with Crippen LogP contribution in [0.25, 0.3) is 0 Å². The first-order chi connectivity index (χ1) is 10.2. The Morgan fingerprint density at radius 1 is 1.13 bits per heavy atom. The van der Waals surface area contributed by atoms with E-state index in [2.05, 4.69) is 18.9 Å². The van der Waals surface area contributed by atoms with Gasteiger partial charge in [-0.25, -0.2) is 9.18 Å². The van der Waals surface area contributed by atoms with Crippen molar-refractivity contribution in [3.63, 3.8) is 0 Å². The van der Waals surface area contributed by atoms with E-state index in [4.69, 9.17) is 0 Å². The van der Waals surface area contributed by atoms with Crippen molar-refractivity contribution in [3.8, 4) is 0 Å². The Bertz CT molecular complexity index is 435. The Morgan fingerprint density at radius 2 is 1.70 bits per heavy atom. The maximum Gasteiger partial charge on any atom is 0.508 e. The van der Waals surface area contributed by atoms with Gasteiger partial charge in [-0.05, 0) is 6.92 Å². The zero-order chi connectivity index (χ0) is 18.1. The molecule has 1 aliphatic rings. The third-order valence-corrected chi connectivity index (χ3v) is 2.38. The van der Waals surface area contributed by atoms with Crippen LogP contribution in [-0.4, -0.2) is 56.1 Å². The van der Waals surface area contributed by atoms with Gasteiger partial charge in [0.05, 0.1) is 6.61 Å². The normalized spacial score (nSPS) is 22.5. The number of rotatable bonds is 7. The zero-order valence-corrected chi connectivity index (χ0v) is 11.3. The molecule has 0 aliphatic carbocycles. The molecule has 0 aromatic heterocycles. The lowest BCUT2D eigenvalue weighted by molar-refractivity contribution is -0.455. The second-order valence-electron chi connectivity index (χ2n) is 4.61. The monoisotopic (exact) mass is 362 g/mol. The van der Waals surface area contributed by atoms with Crippen LogP contribution in [0.15, 0.2) is 0 Å². The van der Waals surface area contributed by atoms with Crippen LogP contribution in [0.2, 0.25) is 0 Å². The van der Waals surface area contributed by atoms with Gasteiger partial charge in [-0.3, -0.25) is 4.74 Å². The smallest absolute Gasteiger partial charge is 0.430 e. The third-order valence-electron chi connectivity index (χ3n) is 2.38. The quantitative estimate of drug-likeness (QED) is 0.515. The van der Waals surface area contributed by atoms with E-state index < -0.39 is 49.5 Å². The molecule has 0 spiro atoms. The molecular formula is C10H10F8O5.